The molecule has 5 heteroatoms. The van der Waals surface area contributed by atoms with E-state index in [0.717, 1.165) is 37.2 Å². The highest BCUT2D eigenvalue weighted by Gasteiger charge is 2.49. The van der Waals surface area contributed by atoms with Crippen molar-refractivity contribution in [3.63, 3.8) is 0 Å². The first-order valence-electron chi connectivity index (χ1n) is 8.30. The van der Waals surface area contributed by atoms with E-state index in [2.05, 4.69) is 10.6 Å². The molecule has 1 saturated heterocycles. The van der Waals surface area contributed by atoms with Gasteiger partial charge in [-0.05, 0) is 49.9 Å². The zero-order valence-corrected chi connectivity index (χ0v) is 14.7. The van der Waals surface area contributed by atoms with Gasteiger partial charge in [-0.2, -0.15) is 0 Å². The summed E-state index contributed by atoms with van der Waals surface area (Å²) in [4.78, 5) is 12.9. The Morgan fingerprint density at radius 3 is 3.04 bits per heavy atom. The fourth-order valence-corrected chi connectivity index (χ4v) is 3.95. The highest BCUT2D eigenvalue weighted by molar-refractivity contribution is 5.96. The Kier molecular flexibility index (Phi) is 6.06. The Bertz CT molecular complexity index is 552. The molecule has 0 aromatic heterocycles. The van der Waals surface area contributed by atoms with Gasteiger partial charge in [0.15, 0.2) is 0 Å². The predicted molar refractivity (Wildman–Crippen MR) is 95.0 cm³/mol. The second kappa shape index (κ2) is 7.65. The van der Waals surface area contributed by atoms with Gasteiger partial charge in [0, 0.05) is 19.3 Å². The van der Waals surface area contributed by atoms with Gasteiger partial charge in [-0.25, -0.2) is 0 Å². The van der Waals surface area contributed by atoms with Gasteiger partial charge in [-0.3, -0.25) is 4.79 Å². The monoisotopic (exact) mass is 338 g/mol. The number of halogens is 1. The second-order valence-electron chi connectivity index (χ2n) is 6.69. The van der Waals surface area contributed by atoms with Crippen molar-refractivity contribution in [1.29, 1.82) is 0 Å². The van der Waals surface area contributed by atoms with E-state index in [1.807, 2.05) is 31.2 Å². The number of hydrogen-bond donors (Lipinski definition) is 2. The largest absolute Gasteiger partial charge is 0.377 e. The van der Waals surface area contributed by atoms with Crippen molar-refractivity contribution >= 4 is 24.0 Å². The van der Waals surface area contributed by atoms with Crippen molar-refractivity contribution in [2.75, 3.05) is 25.5 Å². The number of benzene rings is 1. The molecule has 1 aliphatic heterocycles. The molecular formula is C18H27ClN2O2. The van der Waals surface area contributed by atoms with E-state index in [1.165, 1.54) is 12.8 Å². The Labute approximate surface area is 144 Å². The molecule has 2 N–H and O–H groups in total. The second-order valence-corrected chi connectivity index (χ2v) is 6.69. The number of carbonyl (C=O) groups is 1. The summed E-state index contributed by atoms with van der Waals surface area (Å²) < 4.78 is 5.36. The van der Waals surface area contributed by atoms with E-state index in [9.17, 15) is 4.79 Å². The van der Waals surface area contributed by atoms with Gasteiger partial charge < -0.3 is 15.4 Å². The molecule has 0 radical (unpaired) electrons. The van der Waals surface area contributed by atoms with Crippen LogP contribution in [0.15, 0.2) is 24.3 Å². The Balaban J connectivity index is 0.00000192. The van der Waals surface area contributed by atoms with Gasteiger partial charge in [0.2, 0.25) is 5.91 Å². The van der Waals surface area contributed by atoms with Gasteiger partial charge in [0.25, 0.3) is 0 Å². The number of fused-ring (bicyclic) bond motifs is 1. The van der Waals surface area contributed by atoms with E-state index in [-0.39, 0.29) is 29.8 Å². The average molecular weight is 339 g/mol. The molecule has 1 aromatic carbocycles. The Hall–Kier alpha value is -1.10. The summed E-state index contributed by atoms with van der Waals surface area (Å²) in [5, 5.41) is 6.59. The highest BCUT2D eigenvalue weighted by atomic mass is 35.5. The van der Waals surface area contributed by atoms with E-state index in [0.29, 0.717) is 5.92 Å². The smallest absolute Gasteiger partial charge is 0.232 e. The van der Waals surface area contributed by atoms with E-state index in [1.54, 1.807) is 7.11 Å². The van der Waals surface area contributed by atoms with Crippen LogP contribution in [0.25, 0.3) is 0 Å². The minimum atomic E-state index is -0.207. The Morgan fingerprint density at radius 2 is 2.26 bits per heavy atom. The molecule has 1 heterocycles. The molecule has 3 rings (SSSR count). The lowest BCUT2D eigenvalue weighted by Crippen LogP contribution is -2.44. The summed E-state index contributed by atoms with van der Waals surface area (Å²) in [5.41, 5.74) is 1.75. The number of amides is 1. The van der Waals surface area contributed by atoms with Crippen LogP contribution in [0.2, 0.25) is 0 Å². The number of rotatable bonds is 4. The van der Waals surface area contributed by atoms with Crippen LogP contribution in [-0.4, -0.2) is 26.1 Å². The fraction of sp³-hybridized carbons (Fsp3) is 0.611. The summed E-state index contributed by atoms with van der Waals surface area (Å²) in [6, 6.07) is 7.98. The summed E-state index contributed by atoms with van der Waals surface area (Å²) in [5.74, 6) is 0.673. The minimum absolute atomic E-state index is 0. The van der Waals surface area contributed by atoms with Crippen LogP contribution in [0, 0.1) is 11.3 Å². The number of hydrogen-bond acceptors (Lipinski definition) is 3. The van der Waals surface area contributed by atoms with Gasteiger partial charge in [-0.1, -0.05) is 25.0 Å². The molecule has 2 fully saturated rings. The van der Waals surface area contributed by atoms with E-state index < -0.39 is 0 Å². The van der Waals surface area contributed by atoms with Crippen LogP contribution in [-0.2, 0) is 9.53 Å². The molecule has 23 heavy (non-hydrogen) atoms. The first-order valence-corrected chi connectivity index (χ1v) is 8.30. The Morgan fingerprint density at radius 1 is 1.43 bits per heavy atom. The van der Waals surface area contributed by atoms with Crippen LogP contribution < -0.4 is 10.6 Å². The van der Waals surface area contributed by atoms with Crippen molar-refractivity contribution in [1.82, 2.24) is 5.32 Å². The predicted octanol–water partition coefficient (Wildman–Crippen LogP) is 3.53. The average Bonchev–Trinajstić information content (AvgIpc) is 2.99. The zero-order chi connectivity index (χ0) is 15.6. The summed E-state index contributed by atoms with van der Waals surface area (Å²) in [7, 11) is 1.70. The lowest BCUT2D eigenvalue weighted by Gasteiger charge is -2.37. The number of ether oxygens (including phenoxy) is 1. The van der Waals surface area contributed by atoms with Gasteiger partial charge >= 0.3 is 0 Å². The molecule has 2 aliphatic rings. The quantitative estimate of drug-likeness (QED) is 0.883. The van der Waals surface area contributed by atoms with Gasteiger partial charge in [-0.15, -0.1) is 12.4 Å². The van der Waals surface area contributed by atoms with Gasteiger partial charge in [0.1, 0.15) is 0 Å². The first-order chi connectivity index (χ1) is 10.7. The molecule has 4 nitrogen and oxygen atoms in total. The molecule has 3 atom stereocenters. The van der Waals surface area contributed by atoms with Crippen LogP contribution in [0.5, 0.6) is 0 Å². The normalized spacial score (nSPS) is 27.7. The summed E-state index contributed by atoms with van der Waals surface area (Å²) in [6.07, 6.45) is 4.62. The van der Waals surface area contributed by atoms with E-state index in [4.69, 9.17) is 4.74 Å². The molecule has 128 valence electrons. The van der Waals surface area contributed by atoms with Crippen LogP contribution in [0.3, 0.4) is 0 Å². The fourth-order valence-electron chi connectivity index (χ4n) is 3.95. The maximum Gasteiger partial charge on any atom is 0.232 e. The third-order valence-electron chi connectivity index (χ3n) is 5.46. The highest BCUT2D eigenvalue weighted by Crippen LogP contribution is 2.44. The number of anilines is 1. The summed E-state index contributed by atoms with van der Waals surface area (Å²) in [6.45, 7) is 3.81. The topological polar surface area (TPSA) is 50.4 Å². The molecule has 1 unspecified atom stereocenters. The molecule has 1 aromatic rings. The van der Waals surface area contributed by atoms with Crippen molar-refractivity contribution < 1.29 is 9.53 Å². The third kappa shape index (κ3) is 3.54. The van der Waals surface area contributed by atoms with Crippen molar-refractivity contribution in [2.45, 2.75) is 38.7 Å². The van der Waals surface area contributed by atoms with Crippen LogP contribution >= 0.6 is 12.4 Å². The number of nitrogens with one attached hydrogen (secondary N) is 2. The lowest BCUT2D eigenvalue weighted by atomic mass is 9.67. The molecule has 0 bridgehead atoms. The lowest BCUT2D eigenvalue weighted by molar-refractivity contribution is -0.128. The van der Waals surface area contributed by atoms with Crippen molar-refractivity contribution in [2.24, 2.45) is 11.3 Å². The number of carbonyl (C=O) groups excluding carboxylic acids is 1. The molecular weight excluding hydrogens is 312 g/mol. The third-order valence-corrected chi connectivity index (χ3v) is 5.46. The van der Waals surface area contributed by atoms with Crippen LogP contribution in [0.4, 0.5) is 5.69 Å². The van der Waals surface area contributed by atoms with Gasteiger partial charge in [0.05, 0.1) is 11.5 Å². The first kappa shape index (κ1) is 18.2. The molecule has 1 saturated carbocycles. The van der Waals surface area contributed by atoms with Crippen LogP contribution in [0.1, 0.15) is 44.3 Å². The minimum Gasteiger partial charge on any atom is -0.377 e. The molecule has 0 spiro atoms. The SMILES string of the molecule is COC(C)c1cccc(NC(=O)[C@@]23CCCC[C@H]2CNC3)c1.Cl. The summed E-state index contributed by atoms with van der Waals surface area (Å²) >= 11 is 0. The maximum atomic E-state index is 12.9. The molecule has 1 amide bonds. The number of methoxy groups -OCH3 is 1. The standard InChI is InChI=1S/C18H26N2O2.ClH/c1-13(22-2)14-6-5-8-16(10-14)20-17(21)18-9-4-3-7-15(18)11-19-12-18;/h5-6,8,10,13,15,19H,3-4,7,9,11-12H2,1-2H3,(H,20,21);1H/t13?,15-,18+;/m0./s1. The maximum absolute atomic E-state index is 12.9. The van der Waals surface area contributed by atoms with E-state index >= 15 is 0 Å². The van der Waals surface area contributed by atoms with Crippen molar-refractivity contribution in [3.8, 4) is 0 Å². The zero-order valence-electron chi connectivity index (χ0n) is 13.9. The molecule has 1 aliphatic carbocycles. The van der Waals surface area contributed by atoms with Crippen molar-refractivity contribution in [3.05, 3.63) is 29.8 Å².